The fraction of sp³-hybridized carbons (Fsp3) is 0.417. The number of phenolic OH excluding ortho intramolecular Hbond substituents is 1. The van der Waals surface area contributed by atoms with E-state index in [-0.39, 0.29) is 17.7 Å². The maximum absolute atomic E-state index is 12.3. The van der Waals surface area contributed by atoms with Gasteiger partial charge < -0.3 is 10.0 Å². The number of amides is 1. The van der Waals surface area contributed by atoms with Crippen molar-refractivity contribution in [3.8, 4) is 5.75 Å². The van der Waals surface area contributed by atoms with Gasteiger partial charge in [-0.15, -0.1) is 0 Å². The van der Waals surface area contributed by atoms with Crippen LogP contribution in [0.15, 0.2) is 22.7 Å². The minimum atomic E-state index is -0.0807. The molecule has 1 aliphatic heterocycles. The van der Waals surface area contributed by atoms with Crippen molar-refractivity contribution in [3.63, 3.8) is 0 Å². The van der Waals surface area contributed by atoms with E-state index in [1.165, 1.54) is 0 Å². The molecule has 0 radical (unpaired) electrons. The van der Waals surface area contributed by atoms with Crippen molar-refractivity contribution >= 4 is 33.6 Å². The van der Waals surface area contributed by atoms with E-state index in [2.05, 4.69) is 15.9 Å². The SMILES string of the molecule is CC1CSCCN1C(=O)c1ccc(Br)cc1O. The number of hydrogen-bond acceptors (Lipinski definition) is 3. The summed E-state index contributed by atoms with van der Waals surface area (Å²) in [5, 5.41) is 9.80. The van der Waals surface area contributed by atoms with E-state index in [4.69, 9.17) is 0 Å². The molecule has 1 atom stereocenters. The fourth-order valence-corrected chi connectivity index (χ4v) is 3.23. The lowest BCUT2D eigenvalue weighted by molar-refractivity contribution is 0.0713. The zero-order valence-electron chi connectivity index (χ0n) is 9.52. The first-order chi connectivity index (χ1) is 8.09. The molecule has 1 heterocycles. The topological polar surface area (TPSA) is 40.5 Å². The normalized spacial score (nSPS) is 20.4. The first-order valence-electron chi connectivity index (χ1n) is 5.47. The molecular formula is C12H14BrNO2S. The molecule has 1 unspecified atom stereocenters. The number of carbonyl (C=O) groups is 1. The quantitative estimate of drug-likeness (QED) is 0.866. The number of rotatable bonds is 1. The lowest BCUT2D eigenvalue weighted by Gasteiger charge is -2.33. The van der Waals surface area contributed by atoms with E-state index in [0.29, 0.717) is 5.56 Å². The molecule has 2 rings (SSSR count). The predicted octanol–water partition coefficient (Wildman–Crippen LogP) is 2.73. The molecule has 1 fully saturated rings. The van der Waals surface area contributed by atoms with Crippen molar-refractivity contribution in [2.45, 2.75) is 13.0 Å². The smallest absolute Gasteiger partial charge is 0.257 e. The molecule has 0 spiro atoms. The Kier molecular flexibility index (Phi) is 3.99. The number of thioether (sulfide) groups is 1. The summed E-state index contributed by atoms with van der Waals surface area (Å²) in [6.45, 7) is 2.79. The van der Waals surface area contributed by atoms with Gasteiger partial charge in [-0.05, 0) is 25.1 Å². The van der Waals surface area contributed by atoms with E-state index in [9.17, 15) is 9.90 Å². The first kappa shape index (κ1) is 12.8. The van der Waals surface area contributed by atoms with Gasteiger partial charge in [0.1, 0.15) is 5.75 Å². The van der Waals surface area contributed by atoms with Crippen LogP contribution in [0.5, 0.6) is 5.75 Å². The maximum Gasteiger partial charge on any atom is 0.257 e. The summed E-state index contributed by atoms with van der Waals surface area (Å²) in [6, 6.07) is 5.22. The molecule has 1 N–H and O–H groups in total. The molecule has 1 amide bonds. The summed E-state index contributed by atoms with van der Waals surface area (Å²) >= 11 is 5.13. The van der Waals surface area contributed by atoms with Gasteiger partial charge in [0.15, 0.2) is 0 Å². The Morgan fingerprint density at radius 1 is 1.59 bits per heavy atom. The van der Waals surface area contributed by atoms with Crippen molar-refractivity contribution in [1.29, 1.82) is 0 Å². The van der Waals surface area contributed by atoms with Crippen molar-refractivity contribution in [2.75, 3.05) is 18.1 Å². The summed E-state index contributed by atoms with van der Waals surface area (Å²) in [5.41, 5.74) is 0.381. The monoisotopic (exact) mass is 315 g/mol. The van der Waals surface area contributed by atoms with Crippen LogP contribution < -0.4 is 0 Å². The third kappa shape index (κ3) is 2.77. The minimum Gasteiger partial charge on any atom is -0.507 e. The van der Waals surface area contributed by atoms with Gasteiger partial charge in [0.05, 0.1) is 5.56 Å². The molecule has 0 aromatic heterocycles. The lowest BCUT2D eigenvalue weighted by Crippen LogP contribution is -2.44. The minimum absolute atomic E-state index is 0.0369. The Balaban J connectivity index is 2.24. The molecule has 0 saturated carbocycles. The predicted molar refractivity (Wildman–Crippen MR) is 73.6 cm³/mol. The molecule has 92 valence electrons. The Labute approximate surface area is 113 Å². The van der Waals surface area contributed by atoms with Gasteiger partial charge in [0, 0.05) is 28.6 Å². The van der Waals surface area contributed by atoms with Gasteiger partial charge in [0.25, 0.3) is 5.91 Å². The van der Waals surface area contributed by atoms with E-state index in [1.807, 2.05) is 23.6 Å². The Hall–Kier alpha value is -0.680. The zero-order valence-corrected chi connectivity index (χ0v) is 11.9. The third-order valence-corrected chi connectivity index (χ3v) is 4.50. The highest BCUT2D eigenvalue weighted by Crippen LogP contribution is 2.26. The third-order valence-electron chi connectivity index (χ3n) is 2.82. The number of carbonyl (C=O) groups excluding carboxylic acids is 1. The summed E-state index contributed by atoms with van der Waals surface area (Å²) in [6.07, 6.45) is 0. The number of nitrogens with zero attached hydrogens (tertiary/aromatic N) is 1. The fourth-order valence-electron chi connectivity index (χ4n) is 1.87. The van der Waals surface area contributed by atoms with Crippen LogP contribution in [0.25, 0.3) is 0 Å². The average Bonchev–Trinajstić information content (AvgIpc) is 2.29. The molecule has 0 bridgehead atoms. The van der Waals surface area contributed by atoms with Crippen molar-refractivity contribution < 1.29 is 9.90 Å². The number of benzene rings is 1. The van der Waals surface area contributed by atoms with Gasteiger partial charge >= 0.3 is 0 Å². The molecule has 1 aromatic rings. The Morgan fingerprint density at radius 3 is 3.00 bits per heavy atom. The highest BCUT2D eigenvalue weighted by atomic mass is 79.9. The van der Waals surface area contributed by atoms with Crippen LogP contribution in [0.1, 0.15) is 17.3 Å². The van der Waals surface area contributed by atoms with Gasteiger partial charge in [-0.25, -0.2) is 0 Å². The van der Waals surface area contributed by atoms with Crippen molar-refractivity contribution in [1.82, 2.24) is 4.90 Å². The molecule has 1 saturated heterocycles. The van der Waals surface area contributed by atoms with Crippen molar-refractivity contribution in [2.24, 2.45) is 0 Å². The molecule has 17 heavy (non-hydrogen) atoms. The second-order valence-corrected chi connectivity index (χ2v) is 6.15. The van der Waals surface area contributed by atoms with Gasteiger partial charge in [-0.1, -0.05) is 15.9 Å². The second kappa shape index (κ2) is 5.31. The zero-order chi connectivity index (χ0) is 12.4. The largest absolute Gasteiger partial charge is 0.507 e. The second-order valence-electron chi connectivity index (χ2n) is 4.08. The maximum atomic E-state index is 12.3. The van der Waals surface area contributed by atoms with Crippen molar-refractivity contribution in [3.05, 3.63) is 28.2 Å². The molecule has 0 aliphatic carbocycles. The number of phenols is 1. The Morgan fingerprint density at radius 2 is 2.35 bits per heavy atom. The molecular weight excluding hydrogens is 302 g/mol. The van der Waals surface area contributed by atoms with Crippen LogP contribution in [-0.4, -0.2) is 40.0 Å². The van der Waals surface area contributed by atoms with Gasteiger partial charge in [0.2, 0.25) is 0 Å². The van der Waals surface area contributed by atoms with E-state index >= 15 is 0 Å². The lowest BCUT2D eigenvalue weighted by atomic mass is 10.1. The summed E-state index contributed by atoms with van der Waals surface area (Å²) in [4.78, 5) is 14.1. The van der Waals surface area contributed by atoms with Gasteiger partial charge in [-0.3, -0.25) is 4.79 Å². The van der Waals surface area contributed by atoms with E-state index in [1.54, 1.807) is 18.2 Å². The molecule has 5 heteroatoms. The van der Waals surface area contributed by atoms with E-state index in [0.717, 1.165) is 22.5 Å². The standard InChI is InChI=1S/C12H14BrNO2S/c1-8-7-17-5-4-14(8)12(16)10-3-2-9(13)6-11(10)15/h2-3,6,8,15H,4-5,7H2,1H3. The highest BCUT2D eigenvalue weighted by Gasteiger charge is 2.26. The molecule has 1 aliphatic rings. The number of halogens is 1. The van der Waals surface area contributed by atoms with Crippen LogP contribution in [0.3, 0.4) is 0 Å². The molecule has 1 aromatic carbocycles. The summed E-state index contributed by atoms with van der Waals surface area (Å²) in [5.74, 6) is 1.88. The summed E-state index contributed by atoms with van der Waals surface area (Å²) < 4.78 is 0.772. The van der Waals surface area contributed by atoms with Gasteiger partial charge in [-0.2, -0.15) is 11.8 Å². The first-order valence-corrected chi connectivity index (χ1v) is 7.41. The van der Waals surface area contributed by atoms with Crippen LogP contribution in [0.2, 0.25) is 0 Å². The number of hydrogen-bond donors (Lipinski definition) is 1. The molecule has 3 nitrogen and oxygen atoms in total. The van der Waals surface area contributed by atoms with Crippen LogP contribution >= 0.6 is 27.7 Å². The van der Waals surface area contributed by atoms with Crippen LogP contribution in [-0.2, 0) is 0 Å². The highest BCUT2D eigenvalue weighted by molar-refractivity contribution is 9.10. The van der Waals surface area contributed by atoms with Crippen LogP contribution in [0.4, 0.5) is 0 Å². The Bertz CT molecular complexity index is 439. The van der Waals surface area contributed by atoms with E-state index < -0.39 is 0 Å². The summed E-state index contributed by atoms with van der Waals surface area (Å²) in [7, 11) is 0. The number of aromatic hydroxyl groups is 1. The van der Waals surface area contributed by atoms with Crippen LogP contribution in [0, 0.1) is 0 Å². The average molecular weight is 316 g/mol.